The molecular weight excluding hydrogens is 350 g/mol. The molecule has 0 heterocycles. The van der Waals surface area contributed by atoms with Crippen molar-refractivity contribution in [3.8, 4) is 5.75 Å². The highest BCUT2D eigenvalue weighted by molar-refractivity contribution is 5.94. The number of para-hydroxylation sites is 1. The van der Waals surface area contributed by atoms with Gasteiger partial charge in [-0.1, -0.05) is 30.3 Å². The normalized spacial score (nSPS) is 11.3. The zero-order chi connectivity index (χ0) is 19.5. The van der Waals surface area contributed by atoms with Gasteiger partial charge in [0.15, 0.2) is 0 Å². The maximum absolute atomic E-state index is 12.5. The van der Waals surface area contributed by atoms with E-state index < -0.39 is 12.1 Å². The molecule has 0 aliphatic heterocycles. The number of hydrogen-bond acceptors (Lipinski definition) is 5. The Morgan fingerprint density at radius 2 is 1.78 bits per heavy atom. The Balaban J connectivity index is 1.96. The fourth-order valence-electron chi connectivity index (χ4n) is 2.31. The van der Waals surface area contributed by atoms with E-state index in [1.165, 1.54) is 5.48 Å². The molecule has 2 aromatic carbocycles. The molecule has 0 saturated heterocycles. The van der Waals surface area contributed by atoms with Crippen LogP contribution in [0, 0.1) is 0 Å². The number of hydroxylamine groups is 1. The second kappa shape index (κ2) is 10.8. The van der Waals surface area contributed by atoms with Crippen molar-refractivity contribution in [1.82, 2.24) is 10.8 Å². The monoisotopic (exact) mass is 373 g/mol. The Morgan fingerprint density at radius 3 is 2.41 bits per heavy atom. The SMILES string of the molecule is COc1ccc(COC(CCNC(=O)NO)C(=O)Nc2ccccc2)cc1. The van der Waals surface area contributed by atoms with Crippen LogP contribution in [0.15, 0.2) is 54.6 Å². The summed E-state index contributed by atoms with van der Waals surface area (Å²) in [4.78, 5) is 23.6. The fourth-order valence-corrected chi connectivity index (χ4v) is 2.31. The summed E-state index contributed by atoms with van der Waals surface area (Å²) in [6, 6.07) is 15.6. The number of carbonyl (C=O) groups excluding carboxylic acids is 2. The minimum absolute atomic E-state index is 0.155. The number of hydrogen-bond donors (Lipinski definition) is 4. The molecule has 3 amide bonds. The van der Waals surface area contributed by atoms with Crippen LogP contribution in [0.3, 0.4) is 0 Å². The van der Waals surface area contributed by atoms with Crippen molar-refractivity contribution in [3.63, 3.8) is 0 Å². The molecule has 1 unspecified atom stereocenters. The van der Waals surface area contributed by atoms with Crippen molar-refractivity contribution < 1.29 is 24.3 Å². The first-order valence-electron chi connectivity index (χ1n) is 8.40. The second-order valence-electron chi connectivity index (χ2n) is 5.66. The predicted octanol–water partition coefficient (Wildman–Crippen LogP) is 2.30. The zero-order valence-corrected chi connectivity index (χ0v) is 15.0. The third-order valence-corrected chi connectivity index (χ3v) is 3.74. The lowest BCUT2D eigenvalue weighted by Gasteiger charge is -2.18. The number of rotatable bonds is 9. The summed E-state index contributed by atoms with van der Waals surface area (Å²) in [7, 11) is 1.59. The molecule has 0 fully saturated rings. The number of amides is 3. The third kappa shape index (κ3) is 6.96. The maximum atomic E-state index is 12.5. The topological polar surface area (TPSA) is 109 Å². The van der Waals surface area contributed by atoms with Crippen LogP contribution in [0.1, 0.15) is 12.0 Å². The van der Waals surface area contributed by atoms with Crippen LogP contribution in [-0.2, 0) is 16.1 Å². The van der Waals surface area contributed by atoms with E-state index in [9.17, 15) is 9.59 Å². The molecule has 0 aliphatic rings. The molecule has 144 valence electrons. The molecule has 8 nitrogen and oxygen atoms in total. The van der Waals surface area contributed by atoms with E-state index in [0.29, 0.717) is 5.69 Å². The minimum atomic E-state index is -0.786. The zero-order valence-electron chi connectivity index (χ0n) is 15.0. The second-order valence-corrected chi connectivity index (χ2v) is 5.66. The molecular formula is C19H23N3O5. The van der Waals surface area contributed by atoms with Gasteiger partial charge in [0.1, 0.15) is 11.9 Å². The first kappa shape index (κ1) is 20.2. The summed E-state index contributed by atoms with van der Waals surface area (Å²) in [5, 5.41) is 13.7. The maximum Gasteiger partial charge on any atom is 0.338 e. The summed E-state index contributed by atoms with van der Waals surface area (Å²) in [5.41, 5.74) is 3.01. The molecule has 2 aromatic rings. The molecule has 0 saturated carbocycles. The van der Waals surface area contributed by atoms with Crippen molar-refractivity contribution in [3.05, 3.63) is 60.2 Å². The summed E-state index contributed by atoms with van der Waals surface area (Å²) in [6.07, 6.45) is -0.547. The van der Waals surface area contributed by atoms with Gasteiger partial charge in [0.25, 0.3) is 5.91 Å². The first-order valence-corrected chi connectivity index (χ1v) is 8.40. The molecule has 8 heteroatoms. The number of nitrogens with one attached hydrogen (secondary N) is 3. The Kier molecular flexibility index (Phi) is 8.08. The Hall–Kier alpha value is -3.10. The Morgan fingerprint density at radius 1 is 1.07 bits per heavy atom. The van der Waals surface area contributed by atoms with E-state index in [2.05, 4.69) is 10.6 Å². The number of benzene rings is 2. The van der Waals surface area contributed by atoms with Crippen LogP contribution in [0.25, 0.3) is 0 Å². The van der Waals surface area contributed by atoms with Crippen LogP contribution in [0.2, 0.25) is 0 Å². The van der Waals surface area contributed by atoms with Gasteiger partial charge in [0.05, 0.1) is 13.7 Å². The summed E-state index contributed by atoms with van der Waals surface area (Å²) < 4.78 is 10.9. The van der Waals surface area contributed by atoms with Crippen molar-refractivity contribution in [1.29, 1.82) is 0 Å². The fraction of sp³-hybridized carbons (Fsp3) is 0.263. The highest BCUT2D eigenvalue weighted by atomic mass is 16.5. The smallest absolute Gasteiger partial charge is 0.338 e. The molecule has 27 heavy (non-hydrogen) atoms. The standard InChI is InChI=1S/C19H23N3O5/c1-26-16-9-7-14(8-10-16)13-27-17(11-12-20-19(24)22-25)18(23)21-15-5-3-2-4-6-15/h2-10,17,25H,11-13H2,1H3,(H,21,23)(H2,20,22,24). The summed E-state index contributed by atoms with van der Waals surface area (Å²) in [5.74, 6) is 0.414. The van der Waals surface area contributed by atoms with Crippen LogP contribution in [0.4, 0.5) is 10.5 Å². The average Bonchev–Trinajstić information content (AvgIpc) is 2.71. The van der Waals surface area contributed by atoms with Gasteiger partial charge < -0.3 is 20.1 Å². The highest BCUT2D eigenvalue weighted by Crippen LogP contribution is 2.14. The summed E-state index contributed by atoms with van der Waals surface area (Å²) in [6.45, 7) is 0.380. The van der Waals surface area contributed by atoms with Crippen LogP contribution in [-0.4, -0.2) is 36.9 Å². The average molecular weight is 373 g/mol. The molecule has 0 radical (unpaired) electrons. The van der Waals surface area contributed by atoms with E-state index in [0.717, 1.165) is 11.3 Å². The van der Waals surface area contributed by atoms with Gasteiger partial charge in [-0.2, -0.15) is 0 Å². The number of carbonyl (C=O) groups is 2. The molecule has 0 aliphatic carbocycles. The van der Waals surface area contributed by atoms with Crippen LogP contribution >= 0.6 is 0 Å². The highest BCUT2D eigenvalue weighted by Gasteiger charge is 2.19. The first-order chi connectivity index (χ1) is 13.1. The van der Waals surface area contributed by atoms with E-state index in [1.807, 2.05) is 42.5 Å². The van der Waals surface area contributed by atoms with Gasteiger partial charge in [-0.3, -0.25) is 10.0 Å². The predicted molar refractivity (Wildman–Crippen MR) is 99.6 cm³/mol. The van der Waals surface area contributed by atoms with E-state index in [-0.39, 0.29) is 25.5 Å². The molecule has 2 rings (SSSR count). The van der Waals surface area contributed by atoms with Gasteiger partial charge in [0, 0.05) is 18.7 Å². The van der Waals surface area contributed by atoms with Gasteiger partial charge in [-0.05, 0) is 29.8 Å². The van der Waals surface area contributed by atoms with Crippen molar-refractivity contribution in [2.24, 2.45) is 0 Å². The lowest BCUT2D eigenvalue weighted by atomic mass is 10.2. The molecule has 4 N–H and O–H groups in total. The molecule has 0 aromatic heterocycles. The number of methoxy groups -OCH3 is 1. The van der Waals surface area contributed by atoms with Crippen LogP contribution < -0.4 is 20.9 Å². The third-order valence-electron chi connectivity index (χ3n) is 3.74. The molecule has 1 atom stereocenters. The van der Waals surface area contributed by atoms with Gasteiger partial charge in [-0.25, -0.2) is 10.3 Å². The molecule has 0 spiro atoms. The molecule has 0 bridgehead atoms. The van der Waals surface area contributed by atoms with E-state index in [4.69, 9.17) is 14.7 Å². The number of urea groups is 1. The van der Waals surface area contributed by atoms with Crippen molar-refractivity contribution in [2.45, 2.75) is 19.1 Å². The van der Waals surface area contributed by atoms with Crippen molar-refractivity contribution >= 4 is 17.6 Å². The quantitative estimate of drug-likeness (QED) is 0.398. The van der Waals surface area contributed by atoms with Gasteiger partial charge in [0.2, 0.25) is 0 Å². The number of anilines is 1. The lowest BCUT2D eigenvalue weighted by molar-refractivity contribution is -0.128. The Labute approximate surface area is 157 Å². The number of ether oxygens (including phenoxy) is 2. The van der Waals surface area contributed by atoms with Gasteiger partial charge >= 0.3 is 6.03 Å². The van der Waals surface area contributed by atoms with Crippen LogP contribution in [0.5, 0.6) is 5.75 Å². The summed E-state index contributed by atoms with van der Waals surface area (Å²) >= 11 is 0. The Bertz CT molecular complexity index is 722. The largest absolute Gasteiger partial charge is 0.497 e. The lowest BCUT2D eigenvalue weighted by Crippen LogP contribution is -2.38. The van der Waals surface area contributed by atoms with E-state index in [1.54, 1.807) is 19.2 Å². The minimum Gasteiger partial charge on any atom is -0.497 e. The van der Waals surface area contributed by atoms with Crippen molar-refractivity contribution in [2.75, 3.05) is 19.0 Å². The van der Waals surface area contributed by atoms with Gasteiger partial charge in [-0.15, -0.1) is 0 Å². The van der Waals surface area contributed by atoms with E-state index >= 15 is 0 Å².